The first-order valence-corrected chi connectivity index (χ1v) is 11.9. The van der Waals surface area contributed by atoms with Gasteiger partial charge in [-0.15, -0.1) is 6.42 Å². The van der Waals surface area contributed by atoms with Gasteiger partial charge in [0.2, 0.25) is 0 Å². The first kappa shape index (κ1) is 22.9. The highest BCUT2D eigenvalue weighted by molar-refractivity contribution is 6.31. The number of aromatic hydroxyl groups is 1. The summed E-state index contributed by atoms with van der Waals surface area (Å²) in [5.74, 6) is -0.455. The Kier molecular flexibility index (Phi) is 5.25. The van der Waals surface area contributed by atoms with Gasteiger partial charge in [0, 0.05) is 58.5 Å². The van der Waals surface area contributed by atoms with E-state index in [1.54, 1.807) is 6.92 Å². The Labute approximate surface area is 209 Å². The molecule has 2 aliphatic rings. The molecule has 0 amide bonds. The van der Waals surface area contributed by atoms with Gasteiger partial charge in [0.1, 0.15) is 22.5 Å². The van der Waals surface area contributed by atoms with Gasteiger partial charge in [-0.1, -0.05) is 17.5 Å². The maximum absolute atomic E-state index is 16.3. The van der Waals surface area contributed by atoms with Crippen LogP contribution in [0.15, 0.2) is 24.4 Å². The molecular weight excluding hydrogens is 489 g/mol. The number of hydrogen-bond acceptors (Lipinski definition) is 5. The summed E-state index contributed by atoms with van der Waals surface area (Å²) >= 11 is 6.47. The van der Waals surface area contributed by atoms with Gasteiger partial charge in [-0.25, -0.2) is 18.2 Å². The van der Waals surface area contributed by atoms with Crippen molar-refractivity contribution >= 4 is 39.0 Å². The molecule has 36 heavy (non-hydrogen) atoms. The van der Waals surface area contributed by atoms with E-state index in [2.05, 4.69) is 26.1 Å². The summed E-state index contributed by atoms with van der Waals surface area (Å²) in [5.41, 5.74) is -0.0655. The van der Waals surface area contributed by atoms with Gasteiger partial charge in [0.05, 0.1) is 5.56 Å². The van der Waals surface area contributed by atoms with Gasteiger partial charge >= 0.3 is 0 Å². The van der Waals surface area contributed by atoms with Crippen molar-refractivity contribution in [2.24, 2.45) is 0 Å². The van der Waals surface area contributed by atoms with Crippen LogP contribution in [0.2, 0.25) is 5.15 Å². The summed E-state index contributed by atoms with van der Waals surface area (Å²) in [5, 5.41) is 14.5. The average molecular weight is 509 g/mol. The van der Waals surface area contributed by atoms with Crippen LogP contribution in [0.25, 0.3) is 32.8 Å². The fourth-order valence-electron chi connectivity index (χ4n) is 5.54. The number of piperazine rings is 1. The molecule has 6 rings (SSSR count). The van der Waals surface area contributed by atoms with Crippen LogP contribution < -0.4 is 10.2 Å². The summed E-state index contributed by atoms with van der Waals surface area (Å²) in [6, 6.07) is 3.83. The molecule has 2 fully saturated rings. The second-order valence-electron chi connectivity index (χ2n) is 9.35. The molecule has 2 aromatic carbocycles. The molecular formula is C27H20ClF3N4O. The topological polar surface area (TPSA) is 61.3 Å². The number of benzene rings is 2. The van der Waals surface area contributed by atoms with Crippen molar-refractivity contribution in [2.75, 3.05) is 18.0 Å². The smallest absolute Gasteiger partial charge is 0.172 e. The van der Waals surface area contributed by atoms with Crippen molar-refractivity contribution in [1.82, 2.24) is 15.3 Å². The number of hydrogen-bond donors (Lipinski definition) is 2. The Hall–Kier alpha value is -3.54. The minimum absolute atomic E-state index is 0.0233. The number of halogens is 4. The van der Waals surface area contributed by atoms with Crippen LogP contribution in [0.1, 0.15) is 24.0 Å². The Bertz CT molecular complexity index is 1620. The quantitative estimate of drug-likeness (QED) is 0.278. The zero-order valence-corrected chi connectivity index (χ0v) is 19.9. The van der Waals surface area contributed by atoms with Crippen LogP contribution >= 0.6 is 11.6 Å². The van der Waals surface area contributed by atoms with E-state index in [0.717, 1.165) is 31.0 Å². The predicted molar refractivity (Wildman–Crippen MR) is 134 cm³/mol. The van der Waals surface area contributed by atoms with E-state index in [9.17, 15) is 13.9 Å². The summed E-state index contributed by atoms with van der Waals surface area (Å²) in [7, 11) is 0. The fraction of sp³-hybridized carbons (Fsp3) is 0.259. The van der Waals surface area contributed by atoms with Gasteiger partial charge < -0.3 is 15.3 Å². The fourth-order valence-corrected chi connectivity index (χ4v) is 5.71. The standard InChI is InChI=1S/C27H20ClF3N4O/c1-3-15-19(29)7-6-16-22(15)17(8-20(36)23(16)30)25-24(31)21-12(2)26(28)34-27(18(21)9-32-25)35-10-13-4-5-14(11-35)33-13/h1,6-9,13-14,33,36H,4-5,10-11H2,2H3. The highest BCUT2D eigenvalue weighted by atomic mass is 35.5. The Morgan fingerprint density at radius 3 is 2.53 bits per heavy atom. The molecule has 2 aromatic heterocycles. The van der Waals surface area contributed by atoms with Gasteiger partial charge in [-0.05, 0) is 43.5 Å². The lowest BCUT2D eigenvalue weighted by Gasteiger charge is -2.34. The summed E-state index contributed by atoms with van der Waals surface area (Å²) in [6.07, 6.45) is 9.14. The van der Waals surface area contributed by atoms with Crippen molar-refractivity contribution in [3.8, 4) is 29.4 Å². The number of phenols is 1. The monoisotopic (exact) mass is 508 g/mol. The third kappa shape index (κ3) is 3.30. The van der Waals surface area contributed by atoms with E-state index in [1.165, 1.54) is 6.20 Å². The molecule has 2 bridgehead atoms. The lowest BCUT2D eigenvalue weighted by Crippen LogP contribution is -2.51. The Morgan fingerprint density at radius 1 is 1.11 bits per heavy atom. The molecule has 2 atom stereocenters. The zero-order valence-electron chi connectivity index (χ0n) is 19.2. The number of rotatable bonds is 2. The van der Waals surface area contributed by atoms with Crippen LogP contribution in [0.4, 0.5) is 19.0 Å². The Balaban J connectivity index is 1.63. The number of phenolic OH excluding ortho intramolecular Hbond substituents is 1. The minimum atomic E-state index is -0.981. The second-order valence-corrected chi connectivity index (χ2v) is 9.71. The SMILES string of the molecule is C#Cc1c(F)ccc2c(F)c(O)cc(-c3ncc4c(N5CC6CCC(C5)N6)nc(Cl)c(C)c4c3F)c12. The van der Waals surface area contributed by atoms with E-state index in [0.29, 0.717) is 41.9 Å². The largest absolute Gasteiger partial charge is 0.505 e. The number of fused-ring (bicyclic) bond motifs is 4. The highest BCUT2D eigenvalue weighted by Crippen LogP contribution is 2.42. The molecule has 2 aliphatic heterocycles. The van der Waals surface area contributed by atoms with Crippen LogP contribution in [0.3, 0.4) is 0 Å². The average Bonchev–Trinajstić information content (AvgIpc) is 3.20. The molecule has 4 aromatic rings. The molecule has 5 nitrogen and oxygen atoms in total. The molecule has 0 saturated carbocycles. The molecule has 0 aliphatic carbocycles. The summed E-state index contributed by atoms with van der Waals surface area (Å²) in [4.78, 5) is 11.0. The molecule has 9 heteroatoms. The number of aryl methyl sites for hydroxylation is 1. The van der Waals surface area contributed by atoms with Crippen molar-refractivity contribution in [2.45, 2.75) is 31.8 Å². The lowest BCUT2D eigenvalue weighted by atomic mass is 9.94. The van der Waals surface area contributed by atoms with E-state index in [-0.39, 0.29) is 38.1 Å². The van der Waals surface area contributed by atoms with Crippen molar-refractivity contribution in [3.63, 3.8) is 0 Å². The highest BCUT2D eigenvalue weighted by Gasteiger charge is 2.34. The molecule has 2 N–H and O–H groups in total. The first-order valence-electron chi connectivity index (χ1n) is 11.5. The van der Waals surface area contributed by atoms with Crippen LogP contribution in [-0.2, 0) is 0 Å². The number of anilines is 1. The molecule has 0 radical (unpaired) electrons. The molecule has 182 valence electrons. The van der Waals surface area contributed by atoms with E-state index >= 15 is 4.39 Å². The van der Waals surface area contributed by atoms with Gasteiger partial charge in [-0.2, -0.15) is 0 Å². The number of terminal acetylenes is 1. The van der Waals surface area contributed by atoms with Crippen LogP contribution in [-0.4, -0.2) is 40.2 Å². The van der Waals surface area contributed by atoms with E-state index in [4.69, 9.17) is 18.0 Å². The molecule has 2 unspecified atom stereocenters. The maximum Gasteiger partial charge on any atom is 0.172 e. The minimum Gasteiger partial charge on any atom is -0.505 e. The van der Waals surface area contributed by atoms with Crippen LogP contribution in [0, 0.1) is 36.7 Å². The van der Waals surface area contributed by atoms with Crippen molar-refractivity contribution in [3.05, 3.63) is 58.1 Å². The van der Waals surface area contributed by atoms with Crippen molar-refractivity contribution in [1.29, 1.82) is 0 Å². The molecule has 4 heterocycles. The lowest BCUT2D eigenvalue weighted by molar-refractivity contribution is 0.436. The predicted octanol–water partition coefficient (Wildman–Crippen LogP) is 5.46. The van der Waals surface area contributed by atoms with Crippen molar-refractivity contribution < 1.29 is 18.3 Å². The third-order valence-corrected chi connectivity index (χ3v) is 7.60. The number of nitrogens with one attached hydrogen (secondary N) is 1. The van der Waals surface area contributed by atoms with Gasteiger partial charge in [0.15, 0.2) is 17.4 Å². The normalized spacial score (nSPS) is 19.3. The molecule has 0 spiro atoms. The molecule has 2 saturated heterocycles. The van der Waals surface area contributed by atoms with Crippen LogP contribution in [0.5, 0.6) is 5.75 Å². The van der Waals surface area contributed by atoms with Gasteiger partial charge in [0.25, 0.3) is 0 Å². The summed E-state index contributed by atoms with van der Waals surface area (Å²) < 4.78 is 45.6. The van der Waals surface area contributed by atoms with E-state index in [1.807, 2.05) is 0 Å². The first-order chi connectivity index (χ1) is 17.3. The van der Waals surface area contributed by atoms with Gasteiger partial charge in [-0.3, -0.25) is 4.98 Å². The number of nitrogens with zero attached hydrogens (tertiary/aromatic N) is 3. The number of aromatic nitrogens is 2. The second kappa shape index (κ2) is 8.26. The maximum atomic E-state index is 16.3. The van der Waals surface area contributed by atoms with E-state index < -0.39 is 23.2 Å². The third-order valence-electron chi connectivity index (χ3n) is 7.23. The number of pyridine rings is 2. The zero-order chi connectivity index (χ0) is 25.3. The summed E-state index contributed by atoms with van der Waals surface area (Å²) in [6.45, 7) is 3.08. The Morgan fingerprint density at radius 2 is 1.83 bits per heavy atom.